The highest BCUT2D eigenvalue weighted by molar-refractivity contribution is 5.77. The standard InChI is InChI=1S/C22H27N5/c1-17-21(18(2)27(26-17)16-20-11-7-4-8-12-20)15-25-22(23)24-14-13-19-9-5-3-6-10-19/h3-12H,13-16H2,1-2H3,(H3,23,24,25). The maximum atomic E-state index is 6.03. The Morgan fingerprint density at radius 2 is 1.63 bits per heavy atom. The van der Waals surface area contributed by atoms with Gasteiger partial charge in [-0.15, -0.1) is 0 Å². The molecule has 27 heavy (non-hydrogen) atoms. The molecule has 0 aliphatic heterocycles. The third-order valence-electron chi connectivity index (χ3n) is 4.68. The molecule has 0 spiro atoms. The van der Waals surface area contributed by atoms with Crippen LogP contribution in [-0.4, -0.2) is 22.3 Å². The fourth-order valence-electron chi connectivity index (χ4n) is 3.07. The van der Waals surface area contributed by atoms with E-state index in [0.717, 1.165) is 36.5 Å². The van der Waals surface area contributed by atoms with Gasteiger partial charge in [-0.1, -0.05) is 60.7 Å². The van der Waals surface area contributed by atoms with Crippen LogP contribution in [0.15, 0.2) is 65.7 Å². The van der Waals surface area contributed by atoms with Crippen LogP contribution in [0.2, 0.25) is 0 Å². The van der Waals surface area contributed by atoms with Gasteiger partial charge in [0.25, 0.3) is 0 Å². The van der Waals surface area contributed by atoms with Gasteiger partial charge in [-0.25, -0.2) is 4.99 Å². The number of aryl methyl sites for hydroxylation is 1. The van der Waals surface area contributed by atoms with E-state index in [1.165, 1.54) is 11.1 Å². The van der Waals surface area contributed by atoms with Gasteiger partial charge >= 0.3 is 0 Å². The summed E-state index contributed by atoms with van der Waals surface area (Å²) in [5.41, 5.74) is 11.8. The van der Waals surface area contributed by atoms with Gasteiger partial charge in [-0.05, 0) is 31.4 Å². The largest absolute Gasteiger partial charge is 0.370 e. The van der Waals surface area contributed by atoms with Gasteiger partial charge in [0.05, 0.1) is 18.8 Å². The number of nitrogens with zero attached hydrogens (tertiary/aromatic N) is 3. The van der Waals surface area contributed by atoms with Crippen molar-refractivity contribution in [2.45, 2.75) is 33.4 Å². The van der Waals surface area contributed by atoms with E-state index in [9.17, 15) is 0 Å². The average Bonchev–Trinajstić information content (AvgIpc) is 2.95. The van der Waals surface area contributed by atoms with Crippen molar-refractivity contribution in [3.05, 3.63) is 88.7 Å². The highest BCUT2D eigenvalue weighted by atomic mass is 15.3. The van der Waals surface area contributed by atoms with Crippen LogP contribution in [0.1, 0.15) is 28.1 Å². The number of guanidine groups is 1. The third kappa shape index (κ3) is 5.20. The van der Waals surface area contributed by atoms with Crippen molar-refractivity contribution < 1.29 is 0 Å². The zero-order valence-corrected chi connectivity index (χ0v) is 16.0. The number of nitrogens with two attached hydrogens (primary N) is 1. The summed E-state index contributed by atoms with van der Waals surface area (Å²) in [5.74, 6) is 0.473. The minimum atomic E-state index is 0.473. The maximum Gasteiger partial charge on any atom is 0.188 e. The van der Waals surface area contributed by atoms with E-state index in [1.54, 1.807) is 0 Å². The first-order valence-electron chi connectivity index (χ1n) is 9.28. The van der Waals surface area contributed by atoms with Crippen molar-refractivity contribution in [3.63, 3.8) is 0 Å². The lowest BCUT2D eigenvalue weighted by atomic mass is 10.1. The Morgan fingerprint density at radius 3 is 2.30 bits per heavy atom. The Hall–Kier alpha value is -3.08. The molecule has 5 nitrogen and oxygen atoms in total. The quantitative estimate of drug-likeness (QED) is 0.502. The average molecular weight is 361 g/mol. The van der Waals surface area contributed by atoms with Gasteiger partial charge in [-0.2, -0.15) is 5.10 Å². The van der Waals surface area contributed by atoms with Crippen molar-refractivity contribution in [1.82, 2.24) is 15.1 Å². The first-order valence-corrected chi connectivity index (χ1v) is 9.28. The van der Waals surface area contributed by atoms with Crippen molar-refractivity contribution >= 4 is 5.96 Å². The van der Waals surface area contributed by atoms with Crippen LogP contribution in [0, 0.1) is 13.8 Å². The molecule has 3 rings (SSSR count). The van der Waals surface area contributed by atoms with E-state index in [2.05, 4.69) is 46.6 Å². The molecule has 0 radical (unpaired) electrons. The molecule has 0 unspecified atom stereocenters. The maximum absolute atomic E-state index is 6.03. The number of hydrogen-bond donors (Lipinski definition) is 2. The van der Waals surface area contributed by atoms with Crippen LogP contribution in [-0.2, 0) is 19.5 Å². The Labute approximate surface area is 160 Å². The molecular formula is C22H27N5. The highest BCUT2D eigenvalue weighted by Gasteiger charge is 2.11. The smallest absolute Gasteiger partial charge is 0.188 e. The first kappa shape index (κ1) is 18.7. The van der Waals surface area contributed by atoms with Gasteiger partial charge in [0, 0.05) is 17.8 Å². The topological polar surface area (TPSA) is 68.2 Å². The van der Waals surface area contributed by atoms with Crippen molar-refractivity contribution in [3.8, 4) is 0 Å². The molecule has 3 aromatic rings. The predicted molar refractivity (Wildman–Crippen MR) is 111 cm³/mol. The van der Waals surface area contributed by atoms with Gasteiger partial charge in [0.1, 0.15) is 0 Å². The van der Waals surface area contributed by atoms with Gasteiger partial charge < -0.3 is 11.1 Å². The summed E-state index contributed by atoms with van der Waals surface area (Å²) >= 11 is 0. The molecule has 2 aromatic carbocycles. The van der Waals surface area contributed by atoms with Crippen LogP contribution < -0.4 is 11.1 Å². The Balaban J connectivity index is 1.57. The van der Waals surface area contributed by atoms with Crippen LogP contribution in [0.25, 0.3) is 0 Å². The number of aromatic nitrogens is 2. The van der Waals surface area contributed by atoms with Crippen LogP contribution in [0.3, 0.4) is 0 Å². The van der Waals surface area contributed by atoms with Crippen LogP contribution in [0.5, 0.6) is 0 Å². The summed E-state index contributed by atoms with van der Waals surface area (Å²) in [6.45, 7) is 6.19. The third-order valence-corrected chi connectivity index (χ3v) is 4.68. The Bertz CT molecular complexity index is 882. The molecule has 1 aromatic heterocycles. The second-order valence-corrected chi connectivity index (χ2v) is 6.66. The van der Waals surface area contributed by atoms with E-state index in [1.807, 2.05) is 48.0 Å². The lowest BCUT2D eigenvalue weighted by molar-refractivity contribution is 0.658. The molecular weight excluding hydrogens is 334 g/mol. The molecule has 140 valence electrons. The first-order chi connectivity index (χ1) is 13.1. The molecule has 1 heterocycles. The molecule has 0 bridgehead atoms. The predicted octanol–water partition coefficient (Wildman–Crippen LogP) is 3.20. The molecule has 3 N–H and O–H groups in total. The molecule has 0 saturated carbocycles. The Morgan fingerprint density at radius 1 is 1.00 bits per heavy atom. The normalized spacial score (nSPS) is 11.6. The summed E-state index contributed by atoms with van der Waals surface area (Å²) in [4.78, 5) is 4.50. The summed E-state index contributed by atoms with van der Waals surface area (Å²) in [6.07, 6.45) is 0.921. The lowest BCUT2D eigenvalue weighted by Crippen LogP contribution is -2.33. The van der Waals surface area contributed by atoms with Gasteiger partial charge in [0.2, 0.25) is 0 Å². The summed E-state index contributed by atoms with van der Waals surface area (Å²) in [7, 11) is 0. The van der Waals surface area contributed by atoms with Gasteiger partial charge in [-0.3, -0.25) is 4.68 Å². The minimum absolute atomic E-state index is 0.473. The molecule has 0 aliphatic rings. The summed E-state index contributed by atoms with van der Waals surface area (Å²) in [6, 6.07) is 20.7. The fraction of sp³-hybridized carbons (Fsp3) is 0.273. The molecule has 5 heteroatoms. The molecule has 0 aliphatic carbocycles. The molecule has 0 fully saturated rings. The van der Waals surface area contributed by atoms with Crippen LogP contribution >= 0.6 is 0 Å². The zero-order chi connectivity index (χ0) is 19.1. The zero-order valence-electron chi connectivity index (χ0n) is 16.0. The van der Waals surface area contributed by atoms with Crippen molar-refractivity contribution in [2.75, 3.05) is 6.54 Å². The Kier molecular flexibility index (Phi) is 6.26. The second kappa shape index (κ2) is 9.03. The van der Waals surface area contributed by atoms with Crippen molar-refractivity contribution in [2.24, 2.45) is 10.7 Å². The van der Waals surface area contributed by atoms with E-state index < -0.39 is 0 Å². The summed E-state index contributed by atoms with van der Waals surface area (Å²) < 4.78 is 2.04. The van der Waals surface area contributed by atoms with E-state index in [-0.39, 0.29) is 0 Å². The highest BCUT2D eigenvalue weighted by Crippen LogP contribution is 2.15. The van der Waals surface area contributed by atoms with E-state index in [0.29, 0.717) is 12.5 Å². The van der Waals surface area contributed by atoms with E-state index >= 15 is 0 Å². The molecule has 0 atom stereocenters. The van der Waals surface area contributed by atoms with E-state index in [4.69, 9.17) is 5.73 Å². The molecule has 0 saturated heterocycles. The minimum Gasteiger partial charge on any atom is -0.370 e. The van der Waals surface area contributed by atoms with Gasteiger partial charge in [0.15, 0.2) is 5.96 Å². The number of rotatable bonds is 7. The fourth-order valence-corrected chi connectivity index (χ4v) is 3.07. The number of nitrogens with one attached hydrogen (secondary N) is 1. The lowest BCUT2D eigenvalue weighted by Gasteiger charge is -2.07. The molecule has 0 amide bonds. The number of hydrogen-bond acceptors (Lipinski definition) is 2. The van der Waals surface area contributed by atoms with Crippen molar-refractivity contribution in [1.29, 1.82) is 0 Å². The van der Waals surface area contributed by atoms with Crippen LogP contribution in [0.4, 0.5) is 0 Å². The SMILES string of the molecule is Cc1nn(Cc2ccccc2)c(C)c1CN=C(N)NCCc1ccccc1. The second-order valence-electron chi connectivity index (χ2n) is 6.66. The number of benzene rings is 2. The monoisotopic (exact) mass is 361 g/mol. The summed E-state index contributed by atoms with van der Waals surface area (Å²) in [5, 5.41) is 7.86. The number of aliphatic imine (C=N–C) groups is 1.